The van der Waals surface area contributed by atoms with E-state index >= 15 is 0 Å². The van der Waals surface area contributed by atoms with Crippen molar-refractivity contribution in [1.82, 2.24) is 5.32 Å². The van der Waals surface area contributed by atoms with Gasteiger partial charge in [0, 0.05) is 27.6 Å². The summed E-state index contributed by atoms with van der Waals surface area (Å²) in [5.74, 6) is 0.946. The topological polar surface area (TPSA) is 21.3 Å². The third kappa shape index (κ3) is 7.65. The van der Waals surface area contributed by atoms with E-state index in [1.54, 1.807) is 0 Å². The molecule has 1 saturated carbocycles. The molecule has 0 unspecified atom stereocenters. The van der Waals surface area contributed by atoms with Gasteiger partial charge in [0.05, 0.1) is 0 Å². The molecule has 1 fully saturated rings. The monoisotopic (exact) mass is 471 g/mol. The number of nitrogens with one attached hydrogen (secondary N) is 1. The van der Waals surface area contributed by atoms with E-state index in [0.717, 1.165) is 27.4 Å². The first kappa shape index (κ1) is 22.5. The molecule has 0 aliphatic heterocycles. The van der Waals surface area contributed by atoms with Crippen molar-refractivity contribution in [2.75, 3.05) is 0 Å². The summed E-state index contributed by atoms with van der Waals surface area (Å²) in [6, 6.07) is 14.7. The van der Waals surface area contributed by atoms with Gasteiger partial charge in [0.2, 0.25) is 0 Å². The molecule has 0 heterocycles. The second-order valence-corrected chi connectivity index (χ2v) is 8.44. The largest absolute Gasteiger partial charge is 0.489 e. The van der Waals surface area contributed by atoms with Crippen LogP contribution in [0.4, 0.5) is 0 Å². The Bertz CT molecular complexity index is 685. The van der Waals surface area contributed by atoms with E-state index in [9.17, 15) is 0 Å². The molecule has 1 aliphatic rings. The smallest absolute Gasteiger partial charge is 0.124 e. The number of hydrogen-bond donors (Lipinski definition) is 1. The second kappa shape index (κ2) is 12.0. The Kier molecular flexibility index (Phi) is 9.99. The molecule has 1 N–H and O–H groups in total. The molecule has 0 bridgehead atoms. The maximum atomic E-state index is 6.10. The molecule has 1 aliphatic carbocycles. The number of rotatable bonds is 6. The molecule has 0 atom stereocenters. The Labute approximate surface area is 182 Å². The van der Waals surface area contributed by atoms with Crippen LogP contribution in [0.2, 0.25) is 5.02 Å². The summed E-state index contributed by atoms with van der Waals surface area (Å²) >= 11 is 9.55. The van der Waals surface area contributed by atoms with Gasteiger partial charge in [0.25, 0.3) is 0 Å². The Morgan fingerprint density at radius 2 is 1.63 bits per heavy atom. The normalized spacial score (nSPS) is 15.5. The van der Waals surface area contributed by atoms with Crippen molar-refractivity contribution in [2.24, 2.45) is 0 Å². The van der Waals surface area contributed by atoms with Gasteiger partial charge >= 0.3 is 0 Å². The van der Waals surface area contributed by atoms with Crippen molar-refractivity contribution in [3.05, 3.63) is 63.1 Å². The maximum Gasteiger partial charge on any atom is 0.124 e. The van der Waals surface area contributed by atoms with Gasteiger partial charge in [0.15, 0.2) is 0 Å². The summed E-state index contributed by atoms with van der Waals surface area (Å²) in [7, 11) is 0. The third-order valence-corrected chi connectivity index (χ3v) is 5.76. The van der Waals surface area contributed by atoms with Crippen LogP contribution in [-0.2, 0) is 13.2 Å². The average molecular weight is 473 g/mol. The van der Waals surface area contributed by atoms with Crippen molar-refractivity contribution >= 4 is 39.9 Å². The lowest BCUT2D eigenvalue weighted by Gasteiger charge is -2.22. The van der Waals surface area contributed by atoms with Crippen molar-refractivity contribution in [2.45, 2.75) is 64.1 Å². The highest BCUT2D eigenvalue weighted by molar-refractivity contribution is 9.10. The van der Waals surface area contributed by atoms with Gasteiger partial charge in [-0.15, -0.1) is 12.4 Å². The van der Waals surface area contributed by atoms with Gasteiger partial charge in [-0.1, -0.05) is 71.8 Å². The number of benzene rings is 2. The number of hydrogen-bond acceptors (Lipinski definition) is 2. The molecule has 27 heavy (non-hydrogen) atoms. The molecule has 0 aromatic heterocycles. The zero-order valence-corrected chi connectivity index (χ0v) is 18.7. The van der Waals surface area contributed by atoms with E-state index in [2.05, 4.69) is 33.4 Å². The van der Waals surface area contributed by atoms with Crippen molar-refractivity contribution in [3.63, 3.8) is 0 Å². The van der Waals surface area contributed by atoms with E-state index in [0.29, 0.717) is 12.6 Å². The van der Waals surface area contributed by atoms with E-state index < -0.39 is 0 Å². The SMILES string of the molecule is Cl.Clc1ccc(COc2ccc(Br)cc2CNC2CCCCCCC2)cc1. The van der Waals surface area contributed by atoms with Crippen LogP contribution in [-0.4, -0.2) is 6.04 Å². The molecule has 2 nitrogen and oxygen atoms in total. The van der Waals surface area contributed by atoms with Crippen molar-refractivity contribution < 1.29 is 4.74 Å². The van der Waals surface area contributed by atoms with Gasteiger partial charge in [-0.05, 0) is 48.7 Å². The van der Waals surface area contributed by atoms with Crippen LogP contribution in [0, 0.1) is 0 Å². The van der Waals surface area contributed by atoms with Gasteiger partial charge < -0.3 is 10.1 Å². The Hall–Kier alpha value is -0.740. The maximum absolute atomic E-state index is 6.10. The molecular formula is C22H28BrCl2NO. The lowest BCUT2D eigenvalue weighted by Crippen LogP contribution is -2.29. The van der Waals surface area contributed by atoms with Gasteiger partial charge in [-0.2, -0.15) is 0 Å². The Balaban J connectivity index is 0.00000261. The minimum absolute atomic E-state index is 0. The lowest BCUT2D eigenvalue weighted by molar-refractivity contribution is 0.300. The molecule has 0 spiro atoms. The van der Waals surface area contributed by atoms with Gasteiger partial charge in [0.1, 0.15) is 12.4 Å². The van der Waals surface area contributed by atoms with Crippen LogP contribution in [0.25, 0.3) is 0 Å². The summed E-state index contributed by atoms with van der Waals surface area (Å²) in [5, 5.41) is 4.51. The van der Waals surface area contributed by atoms with Gasteiger partial charge in [-0.3, -0.25) is 0 Å². The van der Waals surface area contributed by atoms with Crippen LogP contribution < -0.4 is 10.1 Å². The van der Waals surface area contributed by atoms with Crippen LogP contribution in [0.5, 0.6) is 5.75 Å². The standard InChI is InChI=1S/C22H27BrClNO.ClH/c23-19-10-13-22(26-16-17-8-11-20(24)12-9-17)18(14-19)15-25-21-6-4-2-1-3-5-7-21;/h8-14,21,25H,1-7,15-16H2;1H. The molecule has 5 heteroatoms. The van der Waals surface area contributed by atoms with E-state index in [4.69, 9.17) is 16.3 Å². The molecule has 148 valence electrons. The van der Waals surface area contributed by atoms with Crippen LogP contribution in [0.3, 0.4) is 0 Å². The van der Waals surface area contributed by atoms with E-state index in [-0.39, 0.29) is 12.4 Å². The predicted molar refractivity (Wildman–Crippen MR) is 120 cm³/mol. The first-order chi connectivity index (χ1) is 12.7. The fourth-order valence-electron chi connectivity index (χ4n) is 3.48. The fourth-order valence-corrected chi connectivity index (χ4v) is 4.02. The van der Waals surface area contributed by atoms with Crippen LogP contribution in [0.1, 0.15) is 56.1 Å². The summed E-state index contributed by atoms with van der Waals surface area (Å²) in [5.41, 5.74) is 2.33. The Morgan fingerprint density at radius 1 is 0.963 bits per heavy atom. The molecule has 0 radical (unpaired) electrons. The van der Waals surface area contributed by atoms with E-state index in [1.807, 2.05) is 30.3 Å². The minimum Gasteiger partial charge on any atom is -0.489 e. The fraction of sp³-hybridized carbons (Fsp3) is 0.455. The first-order valence-corrected chi connectivity index (χ1v) is 10.8. The molecule has 2 aromatic carbocycles. The highest BCUT2D eigenvalue weighted by Crippen LogP contribution is 2.25. The molecule has 3 rings (SSSR count). The predicted octanol–water partition coefficient (Wildman–Crippen LogP) is 7.31. The number of ether oxygens (including phenoxy) is 1. The average Bonchev–Trinajstić information content (AvgIpc) is 2.61. The second-order valence-electron chi connectivity index (χ2n) is 7.09. The summed E-state index contributed by atoms with van der Waals surface area (Å²) in [4.78, 5) is 0. The Morgan fingerprint density at radius 3 is 2.33 bits per heavy atom. The van der Waals surface area contributed by atoms with E-state index in [1.165, 1.54) is 50.5 Å². The zero-order valence-electron chi connectivity index (χ0n) is 15.6. The lowest BCUT2D eigenvalue weighted by atomic mass is 9.96. The third-order valence-electron chi connectivity index (χ3n) is 5.02. The summed E-state index contributed by atoms with van der Waals surface area (Å²) in [6.07, 6.45) is 9.42. The molecule has 2 aromatic rings. The van der Waals surface area contributed by atoms with Crippen molar-refractivity contribution in [3.8, 4) is 5.75 Å². The van der Waals surface area contributed by atoms with Crippen LogP contribution in [0.15, 0.2) is 46.9 Å². The quantitative estimate of drug-likeness (QED) is 0.475. The highest BCUT2D eigenvalue weighted by Gasteiger charge is 2.12. The molecule has 0 amide bonds. The number of halogens is 3. The first-order valence-electron chi connectivity index (χ1n) is 9.60. The molecule has 0 saturated heterocycles. The highest BCUT2D eigenvalue weighted by atomic mass is 79.9. The minimum atomic E-state index is 0. The van der Waals surface area contributed by atoms with Crippen LogP contribution >= 0.6 is 39.9 Å². The van der Waals surface area contributed by atoms with Gasteiger partial charge in [-0.25, -0.2) is 0 Å². The zero-order chi connectivity index (χ0) is 18.2. The summed E-state index contributed by atoms with van der Waals surface area (Å²) in [6.45, 7) is 1.40. The summed E-state index contributed by atoms with van der Waals surface area (Å²) < 4.78 is 7.19. The molecular weight excluding hydrogens is 445 g/mol. The van der Waals surface area contributed by atoms with Crippen molar-refractivity contribution in [1.29, 1.82) is 0 Å².